The van der Waals surface area contributed by atoms with E-state index in [1.165, 1.54) is 29.7 Å². The summed E-state index contributed by atoms with van der Waals surface area (Å²) >= 11 is 0. The van der Waals surface area contributed by atoms with Crippen LogP contribution in [0.3, 0.4) is 0 Å². The Balaban J connectivity index is 1.32. The van der Waals surface area contributed by atoms with Gasteiger partial charge in [0.1, 0.15) is 5.82 Å². The third-order valence-electron chi connectivity index (χ3n) is 7.28. The van der Waals surface area contributed by atoms with Crippen molar-refractivity contribution in [1.29, 1.82) is 0 Å². The van der Waals surface area contributed by atoms with Gasteiger partial charge in [-0.25, -0.2) is 9.07 Å². The molecule has 0 bridgehead atoms. The van der Waals surface area contributed by atoms with Crippen LogP contribution >= 0.6 is 0 Å². The number of benzene rings is 1. The number of aromatic nitrogens is 3. The van der Waals surface area contributed by atoms with Gasteiger partial charge in [-0.15, -0.1) is 0 Å². The lowest BCUT2D eigenvalue weighted by atomic mass is 9.68. The van der Waals surface area contributed by atoms with Gasteiger partial charge in [-0.2, -0.15) is 5.10 Å². The molecule has 1 aromatic carbocycles. The predicted octanol–water partition coefficient (Wildman–Crippen LogP) is 4.98. The molecule has 1 saturated carbocycles. The van der Waals surface area contributed by atoms with Gasteiger partial charge in [-0.05, 0) is 85.6 Å². The van der Waals surface area contributed by atoms with Crippen molar-refractivity contribution in [2.45, 2.75) is 45.6 Å². The molecule has 3 aromatic rings. The molecule has 0 unspecified atom stereocenters. The number of halogens is 1. The molecule has 0 amide bonds. The topological polar surface area (TPSA) is 42.7 Å². The smallest absolute Gasteiger partial charge is 0.123 e. The molecule has 4 nitrogen and oxygen atoms in total. The van der Waals surface area contributed by atoms with E-state index < -0.39 is 0 Å². The number of allylic oxidation sites excluding steroid dienone is 1. The molecule has 5 heteroatoms. The number of nitrogens with zero attached hydrogens (tertiary/aromatic N) is 3. The van der Waals surface area contributed by atoms with E-state index in [0.29, 0.717) is 12.0 Å². The van der Waals surface area contributed by atoms with Gasteiger partial charge in [0.05, 0.1) is 17.6 Å². The van der Waals surface area contributed by atoms with Gasteiger partial charge >= 0.3 is 0 Å². The zero-order valence-corrected chi connectivity index (χ0v) is 18.2. The van der Waals surface area contributed by atoms with Crippen molar-refractivity contribution in [2.24, 2.45) is 11.3 Å². The van der Waals surface area contributed by atoms with Gasteiger partial charge in [0.25, 0.3) is 0 Å². The highest BCUT2D eigenvalue weighted by Crippen LogP contribution is 2.54. The Bertz CT molecular complexity index is 1090. The third-order valence-corrected chi connectivity index (χ3v) is 7.28. The van der Waals surface area contributed by atoms with Crippen molar-refractivity contribution in [2.75, 3.05) is 6.54 Å². The number of hydrogen-bond acceptors (Lipinski definition) is 3. The van der Waals surface area contributed by atoms with E-state index in [9.17, 15) is 4.39 Å². The van der Waals surface area contributed by atoms with E-state index >= 15 is 0 Å². The molecule has 5 rings (SSSR count). The fourth-order valence-electron chi connectivity index (χ4n) is 5.58. The lowest BCUT2D eigenvalue weighted by Crippen LogP contribution is -2.42. The van der Waals surface area contributed by atoms with Crippen LogP contribution in [0.1, 0.15) is 43.6 Å². The lowest BCUT2D eigenvalue weighted by molar-refractivity contribution is 0.214. The minimum Gasteiger partial charge on any atom is -0.314 e. The molecule has 0 spiro atoms. The van der Waals surface area contributed by atoms with Crippen LogP contribution in [0.25, 0.3) is 11.8 Å². The Morgan fingerprint density at radius 3 is 2.84 bits per heavy atom. The van der Waals surface area contributed by atoms with E-state index in [2.05, 4.69) is 41.4 Å². The zero-order chi connectivity index (χ0) is 21.4. The van der Waals surface area contributed by atoms with Crippen LogP contribution in [0.15, 0.2) is 60.4 Å². The fourth-order valence-corrected chi connectivity index (χ4v) is 5.58. The summed E-state index contributed by atoms with van der Waals surface area (Å²) in [4.78, 5) is 4.43. The second-order valence-corrected chi connectivity index (χ2v) is 9.17. The Labute approximate surface area is 183 Å². The van der Waals surface area contributed by atoms with Gasteiger partial charge in [-0.1, -0.05) is 18.6 Å². The van der Waals surface area contributed by atoms with Crippen molar-refractivity contribution < 1.29 is 4.39 Å². The summed E-state index contributed by atoms with van der Waals surface area (Å²) in [7, 11) is 0. The van der Waals surface area contributed by atoms with Gasteiger partial charge in [0.15, 0.2) is 0 Å². The van der Waals surface area contributed by atoms with Crippen molar-refractivity contribution in [1.82, 2.24) is 20.1 Å². The molecule has 0 saturated heterocycles. The molecular formula is C26H29FN4. The van der Waals surface area contributed by atoms with Crippen LogP contribution in [0.2, 0.25) is 0 Å². The Morgan fingerprint density at radius 2 is 2.06 bits per heavy atom. The Kier molecular flexibility index (Phi) is 5.22. The van der Waals surface area contributed by atoms with Gasteiger partial charge in [0, 0.05) is 30.9 Å². The number of pyridine rings is 1. The molecule has 2 aliphatic carbocycles. The average molecular weight is 417 g/mol. The maximum atomic E-state index is 13.3. The van der Waals surface area contributed by atoms with Gasteiger partial charge in [-0.3, -0.25) is 4.98 Å². The SMILES string of the molecule is C[C@@H](NCCc1ccccn1)[C@H]1CCC2=Cc3c(cnn3-c3ccc(F)cc3)C[C@@]21C. The first kappa shape index (κ1) is 20.1. The highest BCUT2D eigenvalue weighted by molar-refractivity contribution is 5.62. The lowest BCUT2D eigenvalue weighted by Gasteiger charge is -2.39. The summed E-state index contributed by atoms with van der Waals surface area (Å²) in [5.41, 5.74) is 6.14. The largest absolute Gasteiger partial charge is 0.314 e. The molecule has 1 fully saturated rings. The highest BCUT2D eigenvalue weighted by Gasteiger charge is 2.47. The summed E-state index contributed by atoms with van der Waals surface area (Å²) in [5.74, 6) is 0.365. The third kappa shape index (κ3) is 3.72. The Hall–Kier alpha value is -2.79. The summed E-state index contributed by atoms with van der Waals surface area (Å²) in [6.07, 6.45) is 10.5. The molecule has 1 N–H and O–H groups in total. The molecule has 2 heterocycles. The number of rotatable bonds is 6. The van der Waals surface area contributed by atoms with Gasteiger partial charge < -0.3 is 5.32 Å². The predicted molar refractivity (Wildman–Crippen MR) is 121 cm³/mol. The van der Waals surface area contributed by atoms with E-state index in [-0.39, 0.29) is 11.2 Å². The van der Waals surface area contributed by atoms with E-state index in [1.54, 1.807) is 12.1 Å². The van der Waals surface area contributed by atoms with E-state index in [4.69, 9.17) is 0 Å². The van der Waals surface area contributed by atoms with Crippen LogP contribution in [-0.4, -0.2) is 27.4 Å². The maximum Gasteiger partial charge on any atom is 0.123 e. The van der Waals surface area contributed by atoms with Crippen molar-refractivity contribution in [3.8, 4) is 5.69 Å². The van der Waals surface area contributed by atoms with Crippen LogP contribution in [0.5, 0.6) is 0 Å². The van der Waals surface area contributed by atoms with Crippen molar-refractivity contribution >= 4 is 6.08 Å². The van der Waals surface area contributed by atoms with E-state index in [1.807, 2.05) is 29.2 Å². The molecule has 31 heavy (non-hydrogen) atoms. The summed E-state index contributed by atoms with van der Waals surface area (Å²) in [6.45, 7) is 5.69. The molecular weight excluding hydrogens is 387 g/mol. The summed E-state index contributed by atoms with van der Waals surface area (Å²) in [6, 6.07) is 13.1. The molecule has 160 valence electrons. The van der Waals surface area contributed by atoms with Gasteiger partial charge in [0.2, 0.25) is 0 Å². The molecule has 2 aliphatic rings. The van der Waals surface area contributed by atoms with E-state index in [0.717, 1.165) is 42.9 Å². The standard InChI is InChI=1S/C26H29FN4/c1-18(28-14-12-22-5-3-4-13-29-22)24-11-6-20-15-25-19(16-26(20,24)2)17-30-31(25)23-9-7-21(27)8-10-23/h3-5,7-10,13,15,17-18,24,28H,6,11-12,14,16H2,1-2H3/t18-,24-,26+/m1/s1. The first-order valence-electron chi connectivity index (χ1n) is 11.2. The second-order valence-electron chi connectivity index (χ2n) is 9.17. The van der Waals surface area contributed by atoms with Crippen LogP contribution in [-0.2, 0) is 12.8 Å². The van der Waals surface area contributed by atoms with Crippen LogP contribution in [0.4, 0.5) is 4.39 Å². The monoisotopic (exact) mass is 416 g/mol. The van der Waals surface area contributed by atoms with Crippen LogP contribution in [0, 0.1) is 17.2 Å². The number of nitrogens with one attached hydrogen (secondary N) is 1. The molecule has 0 aliphatic heterocycles. The molecule has 2 aromatic heterocycles. The zero-order valence-electron chi connectivity index (χ0n) is 18.2. The summed E-state index contributed by atoms with van der Waals surface area (Å²) < 4.78 is 15.3. The first-order chi connectivity index (χ1) is 15.0. The quantitative estimate of drug-likeness (QED) is 0.616. The number of fused-ring (bicyclic) bond motifs is 2. The summed E-state index contributed by atoms with van der Waals surface area (Å²) in [5, 5.41) is 8.40. The fraction of sp³-hybridized carbons (Fsp3) is 0.385. The molecule has 0 radical (unpaired) electrons. The normalized spacial score (nSPS) is 23.2. The van der Waals surface area contributed by atoms with Crippen molar-refractivity contribution in [3.63, 3.8) is 0 Å². The maximum absolute atomic E-state index is 13.3. The Morgan fingerprint density at radius 1 is 1.23 bits per heavy atom. The minimum absolute atomic E-state index is 0.154. The second kappa shape index (κ2) is 8.04. The first-order valence-corrected chi connectivity index (χ1v) is 11.2. The number of hydrogen-bond donors (Lipinski definition) is 1. The highest BCUT2D eigenvalue weighted by atomic mass is 19.1. The minimum atomic E-state index is -0.223. The average Bonchev–Trinajstić information content (AvgIpc) is 3.32. The van der Waals surface area contributed by atoms with Crippen molar-refractivity contribution in [3.05, 3.63) is 83.2 Å². The molecule has 3 atom stereocenters. The van der Waals surface area contributed by atoms with Crippen LogP contribution < -0.4 is 5.32 Å².